The molecule has 28 heavy (non-hydrogen) atoms. The number of rotatable bonds is 8. The van der Waals surface area contributed by atoms with Crippen LogP contribution in [0.4, 0.5) is 17.5 Å². The number of nitrogens with zero attached hydrogens (tertiary/aromatic N) is 2. The molecule has 0 aliphatic rings. The molecule has 3 rings (SSSR count). The number of hydrogen-bond donors (Lipinski definition) is 2. The zero-order valence-electron chi connectivity index (χ0n) is 16.3. The van der Waals surface area contributed by atoms with Gasteiger partial charge in [-0.15, -0.1) is 0 Å². The molecule has 0 saturated heterocycles. The molecule has 0 bridgehead atoms. The van der Waals surface area contributed by atoms with E-state index in [2.05, 4.69) is 26.7 Å². The van der Waals surface area contributed by atoms with E-state index in [4.69, 9.17) is 4.74 Å². The number of aromatic nitrogens is 2. The predicted octanol–water partition coefficient (Wildman–Crippen LogP) is 4.39. The van der Waals surface area contributed by atoms with Gasteiger partial charge in [-0.1, -0.05) is 30.3 Å². The maximum atomic E-state index is 11.6. The Labute approximate surface area is 165 Å². The van der Waals surface area contributed by atoms with Crippen LogP contribution in [0.15, 0.2) is 54.6 Å². The van der Waals surface area contributed by atoms with Crippen LogP contribution in [-0.4, -0.2) is 29.4 Å². The highest BCUT2D eigenvalue weighted by molar-refractivity contribution is 5.95. The minimum absolute atomic E-state index is 0.0208. The highest BCUT2D eigenvalue weighted by Crippen LogP contribution is 2.19. The van der Waals surface area contributed by atoms with Gasteiger partial charge >= 0.3 is 0 Å². The normalized spacial score (nSPS) is 10.4. The van der Waals surface area contributed by atoms with Crippen molar-refractivity contribution in [2.24, 2.45) is 0 Å². The van der Waals surface area contributed by atoms with Gasteiger partial charge in [-0.2, -0.15) is 4.98 Å². The molecule has 0 saturated carbocycles. The molecule has 1 aromatic heterocycles. The monoisotopic (exact) mass is 376 g/mol. The van der Waals surface area contributed by atoms with E-state index in [0.717, 1.165) is 41.5 Å². The summed E-state index contributed by atoms with van der Waals surface area (Å²) in [5, 5.41) is 6.51. The maximum absolute atomic E-state index is 11.6. The van der Waals surface area contributed by atoms with Crippen molar-refractivity contribution < 1.29 is 9.53 Å². The lowest BCUT2D eigenvalue weighted by Gasteiger charge is -2.11. The van der Waals surface area contributed by atoms with Gasteiger partial charge in [0, 0.05) is 29.6 Å². The van der Waals surface area contributed by atoms with Crippen molar-refractivity contribution in [1.29, 1.82) is 0 Å². The summed E-state index contributed by atoms with van der Waals surface area (Å²) < 4.78 is 5.39. The van der Waals surface area contributed by atoms with E-state index in [-0.39, 0.29) is 5.78 Å². The molecule has 0 spiro atoms. The zero-order chi connectivity index (χ0) is 19.9. The first-order valence-corrected chi connectivity index (χ1v) is 9.14. The average Bonchev–Trinajstić information content (AvgIpc) is 2.68. The fourth-order valence-electron chi connectivity index (χ4n) is 2.89. The second-order valence-electron chi connectivity index (χ2n) is 6.47. The summed E-state index contributed by atoms with van der Waals surface area (Å²) in [6.07, 6.45) is 0.816. The molecular weight excluding hydrogens is 352 g/mol. The fraction of sp³-hybridized carbons (Fsp3) is 0.227. The van der Waals surface area contributed by atoms with Gasteiger partial charge < -0.3 is 15.4 Å². The van der Waals surface area contributed by atoms with Gasteiger partial charge in [-0.05, 0) is 44.0 Å². The third kappa shape index (κ3) is 5.07. The van der Waals surface area contributed by atoms with Gasteiger partial charge in [-0.3, -0.25) is 4.79 Å². The fourth-order valence-corrected chi connectivity index (χ4v) is 2.89. The number of carbonyl (C=O) groups excluding carboxylic acids is 1. The van der Waals surface area contributed by atoms with Gasteiger partial charge in [0.15, 0.2) is 5.78 Å². The number of anilines is 3. The summed E-state index contributed by atoms with van der Waals surface area (Å²) in [5.74, 6) is 2.14. The van der Waals surface area contributed by atoms with Gasteiger partial charge in [-0.25, -0.2) is 4.98 Å². The Bertz CT molecular complexity index is 972. The molecule has 1 heterocycles. The van der Waals surface area contributed by atoms with Crippen LogP contribution in [0.1, 0.15) is 28.5 Å². The topological polar surface area (TPSA) is 76.1 Å². The first-order chi connectivity index (χ1) is 13.5. The number of aryl methyl sites for hydroxylation is 1. The molecule has 6 heteroatoms. The number of hydrogen-bond acceptors (Lipinski definition) is 6. The molecule has 0 unspecified atom stereocenters. The van der Waals surface area contributed by atoms with Crippen LogP contribution in [0.3, 0.4) is 0 Å². The van der Waals surface area contributed by atoms with Crippen LogP contribution < -0.4 is 15.4 Å². The van der Waals surface area contributed by atoms with Crippen molar-refractivity contribution in [3.05, 3.63) is 71.4 Å². The number of nitrogens with one attached hydrogen (secondary N) is 2. The Hall–Kier alpha value is -3.41. The van der Waals surface area contributed by atoms with Gasteiger partial charge in [0.2, 0.25) is 5.95 Å². The van der Waals surface area contributed by atoms with Gasteiger partial charge in [0.25, 0.3) is 0 Å². The lowest BCUT2D eigenvalue weighted by atomic mass is 10.1. The molecule has 0 aliphatic heterocycles. The first kappa shape index (κ1) is 19.4. The van der Waals surface area contributed by atoms with Crippen molar-refractivity contribution in [2.45, 2.75) is 20.3 Å². The molecule has 2 aromatic carbocycles. The number of ketones is 1. The summed E-state index contributed by atoms with van der Waals surface area (Å²) in [4.78, 5) is 20.5. The molecule has 0 fully saturated rings. The Morgan fingerprint density at radius 2 is 1.89 bits per heavy atom. The lowest BCUT2D eigenvalue weighted by molar-refractivity contribution is 0.101. The molecular formula is C22H24N4O2. The summed E-state index contributed by atoms with van der Waals surface area (Å²) in [6.45, 7) is 4.19. The van der Waals surface area contributed by atoms with Crippen LogP contribution >= 0.6 is 0 Å². The quantitative estimate of drug-likeness (QED) is 0.568. The molecule has 2 N–H and O–H groups in total. The first-order valence-electron chi connectivity index (χ1n) is 9.14. The Kier molecular flexibility index (Phi) is 6.22. The highest BCUT2D eigenvalue weighted by Gasteiger charge is 2.06. The highest BCUT2D eigenvalue weighted by atomic mass is 16.5. The number of benzene rings is 2. The number of Topliss-reactive ketones (excluding diaryl/α,β-unsaturated/α-hetero) is 1. The van der Waals surface area contributed by atoms with E-state index < -0.39 is 0 Å². The summed E-state index contributed by atoms with van der Waals surface area (Å²) in [7, 11) is 1.68. The molecule has 144 valence electrons. The molecule has 0 atom stereocenters. The van der Waals surface area contributed by atoms with Crippen LogP contribution in [0.2, 0.25) is 0 Å². The van der Waals surface area contributed by atoms with E-state index in [1.807, 2.05) is 43.3 Å². The second-order valence-corrected chi connectivity index (χ2v) is 6.47. The third-order valence-electron chi connectivity index (χ3n) is 4.27. The standard InChI is InChI=1S/C22H24N4O2/c1-15-13-21(23-12-11-17-7-4-5-10-20(17)28-3)26-22(24-15)25-19-9-6-8-18(14-19)16(2)27/h4-10,13-14H,11-12H2,1-3H3,(H2,23,24,25,26). The number of para-hydroxylation sites is 1. The Morgan fingerprint density at radius 3 is 2.68 bits per heavy atom. The van der Waals surface area contributed by atoms with E-state index in [9.17, 15) is 4.79 Å². The Morgan fingerprint density at radius 1 is 1.07 bits per heavy atom. The number of carbonyl (C=O) groups is 1. The summed E-state index contributed by atoms with van der Waals surface area (Å²) >= 11 is 0. The van der Waals surface area contributed by atoms with E-state index in [1.54, 1.807) is 26.2 Å². The zero-order valence-corrected chi connectivity index (χ0v) is 16.3. The van der Waals surface area contributed by atoms with Crippen molar-refractivity contribution in [3.8, 4) is 5.75 Å². The van der Waals surface area contributed by atoms with Crippen LogP contribution in [-0.2, 0) is 6.42 Å². The van der Waals surface area contributed by atoms with Crippen LogP contribution in [0.5, 0.6) is 5.75 Å². The number of ether oxygens (including phenoxy) is 1. The van der Waals surface area contributed by atoms with Crippen LogP contribution in [0, 0.1) is 6.92 Å². The van der Waals surface area contributed by atoms with Crippen LogP contribution in [0.25, 0.3) is 0 Å². The average molecular weight is 376 g/mol. The largest absolute Gasteiger partial charge is 0.496 e. The predicted molar refractivity (Wildman–Crippen MR) is 112 cm³/mol. The molecule has 0 radical (unpaired) electrons. The third-order valence-corrected chi connectivity index (χ3v) is 4.27. The SMILES string of the molecule is COc1ccccc1CCNc1cc(C)nc(Nc2cccc(C(C)=O)c2)n1. The molecule has 6 nitrogen and oxygen atoms in total. The molecule has 3 aromatic rings. The minimum Gasteiger partial charge on any atom is -0.496 e. The smallest absolute Gasteiger partial charge is 0.229 e. The minimum atomic E-state index is 0.0208. The summed E-state index contributed by atoms with van der Waals surface area (Å²) in [6, 6.07) is 17.2. The van der Waals surface area contributed by atoms with Crippen molar-refractivity contribution in [2.75, 3.05) is 24.3 Å². The van der Waals surface area contributed by atoms with E-state index in [0.29, 0.717) is 11.5 Å². The van der Waals surface area contributed by atoms with Gasteiger partial charge in [0.05, 0.1) is 7.11 Å². The van der Waals surface area contributed by atoms with E-state index in [1.165, 1.54) is 0 Å². The van der Waals surface area contributed by atoms with Crippen molar-refractivity contribution in [3.63, 3.8) is 0 Å². The Balaban J connectivity index is 1.68. The molecule has 0 amide bonds. The maximum Gasteiger partial charge on any atom is 0.229 e. The molecule has 0 aliphatic carbocycles. The van der Waals surface area contributed by atoms with Crippen molar-refractivity contribution in [1.82, 2.24) is 9.97 Å². The van der Waals surface area contributed by atoms with Gasteiger partial charge in [0.1, 0.15) is 11.6 Å². The second kappa shape index (κ2) is 8.99. The van der Waals surface area contributed by atoms with E-state index >= 15 is 0 Å². The lowest BCUT2D eigenvalue weighted by Crippen LogP contribution is -2.09. The summed E-state index contributed by atoms with van der Waals surface area (Å²) in [5.41, 5.74) is 3.41. The number of methoxy groups -OCH3 is 1. The van der Waals surface area contributed by atoms with Crippen molar-refractivity contribution >= 4 is 23.2 Å².